The molecule has 20 heavy (non-hydrogen) atoms. The van der Waals surface area contributed by atoms with E-state index in [4.69, 9.17) is 0 Å². The summed E-state index contributed by atoms with van der Waals surface area (Å²) in [5.74, 6) is 0.969. The molecule has 0 aliphatic heterocycles. The Bertz CT molecular complexity index is 548. The van der Waals surface area contributed by atoms with E-state index in [9.17, 15) is 0 Å². The predicted octanol–water partition coefficient (Wildman–Crippen LogP) is 1.64. The summed E-state index contributed by atoms with van der Waals surface area (Å²) in [6.07, 6.45) is 5.17. The fourth-order valence-electron chi connectivity index (χ4n) is 2.28. The Kier molecular flexibility index (Phi) is 3.73. The molecule has 0 saturated heterocycles. The lowest BCUT2D eigenvalue weighted by atomic mass is 10.2. The lowest BCUT2D eigenvalue weighted by molar-refractivity contribution is 0.246. The summed E-state index contributed by atoms with van der Waals surface area (Å²) < 4.78 is 1.99. The highest BCUT2D eigenvalue weighted by molar-refractivity contribution is 5.04. The maximum absolute atomic E-state index is 4.36. The maximum atomic E-state index is 4.36. The molecule has 6 heteroatoms. The van der Waals surface area contributed by atoms with Crippen molar-refractivity contribution in [2.24, 2.45) is 0 Å². The van der Waals surface area contributed by atoms with Crippen LogP contribution < -0.4 is 0 Å². The summed E-state index contributed by atoms with van der Waals surface area (Å²) in [5.41, 5.74) is 1.12. The molecule has 0 amide bonds. The first-order valence-corrected chi connectivity index (χ1v) is 7.13. The van der Waals surface area contributed by atoms with Crippen molar-refractivity contribution in [1.82, 2.24) is 30.1 Å². The lowest BCUT2D eigenvalue weighted by Gasteiger charge is -2.23. The van der Waals surface area contributed by atoms with Crippen molar-refractivity contribution >= 4 is 0 Å². The third-order valence-corrected chi connectivity index (χ3v) is 3.89. The second kappa shape index (κ2) is 5.66. The standard InChI is InChI=1S/C14H20N6/c1-11(14-16-17-18-20(14)13-6-7-13)19(2)10-8-12-5-3-4-9-15-12/h3-5,9,11,13H,6-8,10H2,1-2H3. The fourth-order valence-corrected chi connectivity index (χ4v) is 2.28. The number of aromatic nitrogens is 5. The Morgan fingerprint density at radius 1 is 1.40 bits per heavy atom. The van der Waals surface area contributed by atoms with Crippen LogP contribution in [0.15, 0.2) is 24.4 Å². The summed E-state index contributed by atoms with van der Waals surface area (Å²) in [6.45, 7) is 3.10. The Labute approximate surface area is 118 Å². The number of hydrogen-bond acceptors (Lipinski definition) is 5. The smallest absolute Gasteiger partial charge is 0.168 e. The van der Waals surface area contributed by atoms with Crippen molar-refractivity contribution in [1.29, 1.82) is 0 Å². The molecule has 2 aromatic heterocycles. The van der Waals surface area contributed by atoms with Gasteiger partial charge in [-0.2, -0.15) is 0 Å². The number of rotatable bonds is 6. The first-order valence-electron chi connectivity index (χ1n) is 7.13. The largest absolute Gasteiger partial charge is 0.296 e. The number of tetrazole rings is 1. The molecule has 0 spiro atoms. The van der Waals surface area contributed by atoms with E-state index in [1.165, 1.54) is 12.8 Å². The molecule has 0 bridgehead atoms. The molecule has 1 aliphatic carbocycles. The topological polar surface area (TPSA) is 59.7 Å². The van der Waals surface area contributed by atoms with Crippen molar-refractivity contribution in [2.45, 2.75) is 38.3 Å². The minimum absolute atomic E-state index is 0.217. The van der Waals surface area contributed by atoms with Gasteiger partial charge in [-0.05, 0) is 49.4 Å². The van der Waals surface area contributed by atoms with Gasteiger partial charge in [0.1, 0.15) is 0 Å². The summed E-state index contributed by atoms with van der Waals surface area (Å²) in [7, 11) is 2.11. The number of likely N-dealkylation sites (N-methyl/N-ethyl adjacent to an activating group) is 1. The Balaban J connectivity index is 1.61. The number of pyridine rings is 1. The van der Waals surface area contributed by atoms with Gasteiger partial charge in [0, 0.05) is 24.9 Å². The van der Waals surface area contributed by atoms with Crippen molar-refractivity contribution in [3.8, 4) is 0 Å². The van der Waals surface area contributed by atoms with Crippen LogP contribution in [0, 0.1) is 0 Å². The monoisotopic (exact) mass is 272 g/mol. The highest BCUT2D eigenvalue weighted by atomic mass is 15.6. The highest BCUT2D eigenvalue weighted by Crippen LogP contribution is 2.35. The molecular formula is C14H20N6. The van der Waals surface area contributed by atoms with Gasteiger partial charge in [0.2, 0.25) is 0 Å². The molecule has 2 aromatic rings. The van der Waals surface area contributed by atoms with Crippen LogP contribution in [-0.4, -0.2) is 43.7 Å². The zero-order chi connectivity index (χ0) is 13.9. The molecule has 1 fully saturated rings. The minimum Gasteiger partial charge on any atom is -0.296 e. The highest BCUT2D eigenvalue weighted by Gasteiger charge is 2.30. The van der Waals surface area contributed by atoms with Gasteiger partial charge >= 0.3 is 0 Å². The van der Waals surface area contributed by atoms with E-state index in [1.807, 2.05) is 23.0 Å². The Morgan fingerprint density at radius 3 is 2.95 bits per heavy atom. The molecule has 3 rings (SSSR count). The molecule has 0 radical (unpaired) electrons. The van der Waals surface area contributed by atoms with E-state index < -0.39 is 0 Å². The van der Waals surface area contributed by atoms with E-state index in [0.29, 0.717) is 6.04 Å². The van der Waals surface area contributed by atoms with Crippen LogP contribution in [0.4, 0.5) is 0 Å². The van der Waals surface area contributed by atoms with E-state index in [1.54, 1.807) is 0 Å². The Hall–Kier alpha value is -1.82. The van der Waals surface area contributed by atoms with Gasteiger partial charge in [-0.15, -0.1) is 5.10 Å². The van der Waals surface area contributed by atoms with Gasteiger partial charge in [0.05, 0.1) is 12.1 Å². The molecule has 1 unspecified atom stereocenters. The summed E-state index contributed by atoms with van der Waals surface area (Å²) >= 11 is 0. The summed E-state index contributed by atoms with van der Waals surface area (Å²) in [6, 6.07) is 6.77. The molecule has 0 aromatic carbocycles. The van der Waals surface area contributed by atoms with Crippen molar-refractivity contribution in [3.05, 3.63) is 35.9 Å². The van der Waals surface area contributed by atoms with Crippen LogP contribution >= 0.6 is 0 Å². The van der Waals surface area contributed by atoms with Gasteiger partial charge in [0.25, 0.3) is 0 Å². The van der Waals surface area contributed by atoms with E-state index in [2.05, 4.69) is 45.4 Å². The zero-order valence-corrected chi connectivity index (χ0v) is 12.0. The average molecular weight is 272 g/mol. The van der Waals surface area contributed by atoms with Crippen LogP contribution in [0.1, 0.15) is 43.4 Å². The first-order chi connectivity index (χ1) is 9.75. The molecule has 6 nitrogen and oxygen atoms in total. The van der Waals surface area contributed by atoms with E-state index in [-0.39, 0.29) is 6.04 Å². The summed E-state index contributed by atoms with van der Waals surface area (Å²) in [4.78, 5) is 6.63. The zero-order valence-electron chi connectivity index (χ0n) is 12.0. The van der Waals surface area contributed by atoms with Gasteiger partial charge in [-0.1, -0.05) is 6.07 Å². The van der Waals surface area contributed by atoms with Crippen LogP contribution in [0.5, 0.6) is 0 Å². The third-order valence-electron chi connectivity index (χ3n) is 3.89. The molecule has 106 valence electrons. The molecule has 1 atom stereocenters. The van der Waals surface area contributed by atoms with Crippen molar-refractivity contribution in [2.75, 3.05) is 13.6 Å². The summed E-state index contributed by atoms with van der Waals surface area (Å²) in [5, 5.41) is 12.1. The van der Waals surface area contributed by atoms with E-state index in [0.717, 1.165) is 24.5 Å². The molecule has 2 heterocycles. The van der Waals surface area contributed by atoms with Crippen LogP contribution in [0.2, 0.25) is 0 Å². The second-order valence-electron chi connectivity index (χ2n) is 5.44. The van der Waals surface area contributed by atoms with Gasteiger partial charge in [-0.3, -0.25) is 9.88 Å². The molecule has 1 aliphatic rings. The normalized spacial score (nSPS) is 16.6. The molecule has 0 N–H and O–H groups in total. The SMILES string of the molecule is CC(c1nnnn1C1CC1)N(C)CCc1ccccn1. The van der Waals surface area contributed by atoms with Gasteiger partial charge in [0.15, 0.2) is 5.82 Å². The van der Waals surface area contributed by atoms with Crippen LogP contribution in [0.3, 0.4) is 0 Å². The minimum atomic E-state index is 0.217. The van der Waals surface area contributed by atoms with Gasteiger partial charge in [-0.25, -0.2) is 4.68 Å². The maximum Gasteiger partial charge on any atom is 0.168 e. The Morgan fingerprint density at radius 2 is 2.25 bits per heavy atom. The van der Waals surface area contributed by atoms with Gasteiger partial charge < -0.3 is 0 Å². The molecular weight excluding hydrogens is 252 g/mol. The van der Waals surface area contributed by atoms with Crippen molar-refractivity contribution in [3.63, 3.8) is 0 Å². The second-order valence-corrected chi connectivity index (χ2v) is 5.44. The fraction of sp³-hybridized carbons (Fsp3) is 0.571. The first kappa shape index (κ1) is 13.2. The average Bonchev–Trinajstić information content (AvgIpc) is 3.22. The van der Waals surface area contributed by atoms with Crippen LogP contribution in [0.25, 0.3) is 0 Å². The third kappa shape index (κ3) is 2.85. The lowest BCUT2D eigenvalue weighted by Crippen LogP contribution is -2.27. The quantitative estimate of drug-likeness (QED) is 0.800. The number of hydrogen-bond donors (Lipinski definition) is 0. The molecule has 1 saturated carbocycles. The van der Waals surface area contributed by atoms with E-state index >= 15 is 0 Å². The predicted molar refractivity (Wildman–Crippen MR) is 75.1 cm³/mol. The van der Waals surface area contributed by atoms with Crippen molar-refractivity contribution < 1.29 is 0 Å². The van der Waals surface area contributed by atoms with Crippen LogP contribution in [-0.2, 0) is 6.42 Å². The number of nitrogens with zero attached hydrogens (tertiary/aromatic N) is 6.